The van der Waals surface area contributed by atoms with E-state index in [9.17, 15) is 10.3 Å². The van der Waals surface area contributed by atoms with Crippen molar-refractivity contribution in [3.05, 3.63) is 64.8 Å². The number of aliphatic hydroxyl groups excluding tert-OH is 1. The quantitative estimate of drug-likeness (QED) is 0.433. The minimum Gasteiger partial charge on any atom is -0.427 e. The van der Waals surface area contributed by atoms with E-state index < -0.39 is 6.10 Å². The molecule has 0 saturated carbocycles. The van der Waals surface area contributed by atoms with Gasteiger partial charge >= 0.3 is 0 Å². The predicted molar refractivity (Wildman–Crippen MR) is 111 cm³/mol. The summed E-state index contributed by atoms with van der Waals surface area (Å²) in [4.78, 5) is 13.1. The topological polar surface area (TPSA) is 108 Å². The van der Waals surface area contributed by atoms with Crippen molar-refractivity contribution in [1.29, 1.82) is 0 Å². The van der Waals surface area contributed by atoms with Gasteiger partial charge in [0.05, 0.1) is 22.3 Å². The van der Waals surface area contributed by atoms with Gasteiger partial charge in [0, 0.05) is 18.1 Å². The highest BCUT2D eigenvalue weighted by Crippen LogP contribution is 2.24. The van der Waals surface area contributed by atoms with E-state index in [0.717, 1.165) is 10.4 Å². The van der Waals surface area contributed by atoms with E-state index in [0.29, 0.717) is 27.4 Å². The summed E-state index contributed by atoms with van der Waals surface area (Å²) in [5.41, 5.74) is 1.92. The lowest BCUT2D eigenvalue weighted by Crippen LogP contribution is -2.28. The van der Waals surface area contributed by atoms with E-state index in [1.54, 1.807) is 31.3 Å². The van der Waals surface area contributed by atoms with Gasteiger partial charge in [-0.25, -0.2) is 9.98 Å². The van der Waals surface area contributed by atoms with Gasteiger partial charge in [0.2, 0.25) is 5.95 Å². The van der Waals surface area contributed by atoms with E-state index in [4.69, 9.17) is 0 Å². The molecule has 0 spiro atoms. The third-order valence-electron chi connectivity index (χ3n) is 4.02. The van der Waals surface area contributed by atoms with Crippen molar-refractivity contribution in [3.8, 4) is 0 Å². The van der Waals surface area contributed by atoms with Crippen LogP contribution in [0.1, 0.15) is 13.8 Å². The summed E-state index contributed by atoms with van der Waals surface area (Å²) in [6.45, 7) is 3.59. The van der Waals surface area contributed by atoms with Crippen LogP contribution in [0, 0.1) is 0 Å². The fourth-order valence-corrected chi connectivity index (χ4v) is 2.57. The zero-order valence-electron chi connectivity index (χ0n) is 15.4. The average molecular weight is 445 g/mol. The first-order valence-electron chi connectivity index (χ1n) is 8.68. The molecule has 2 heterocycles. The van der Waals surface area contributed by atoms with Crippen LogP contribution in [0.2, 0.25) is 0 Å². The lowest BCUT2D eigenvalue weighted by atomic mass is 10.2. The van der Waals surface area contributed by atoms with Crippen molar-refractivity contribution in [2.24, 2.45) is 4.99 Å². The maximum atomic E-state index is 9.73. The molecule has 0 fully saturated rings. The largest absolute Gasteiger partial charge is 0.427 e. The number of pyridine rings is 1. The zero-order valence-corrected chi connectivity index (χ0v) is 17.0. The van der Waals surface area contributed by atoms with Gasteiger partial charge in [0.15, 0.2) is 5.49 Å². The van der Waals surface area contributed by atoms with Gasteiger partial charge in [0.1, 0.15) is 5.82 Å². The van der Waals surface area contributed by atoms with Gasteiger partial charge in [-0.3, -0.25) is 0 Å². The Bertz CT molecular complexity index is 1000. The second-order valence-corrected chi connectivity index (χ2v) is 7.11. The molecule has 0 saturated heterocycles. The Morgan fingerprint density at radius 1 is 1.14 bits per heavy atom. The molecule has 0 amide bonds. The number of nitrogens with zero attached hydrogens (tertiary/aromatic N) is 4. The Balaban J connectivity index is 1.76. The second kappa shape index (κ2) is 8.85. The molecule has 4 N–H and O–H groups in total. The number of rotatable bonds is 6. The van der Waals surface area contributed by atoms with Gasteiger partial charge < -0.3 is 20.9 Å². The van der Waals surface area contributed by atoms with Crippen molar-refractivity contribution >= 4 is 39.1 Å². The molecule has 0 unspecified atom stereocenters. The second-order valence-electron chi connectivity index (χ2n) is 6.25. The average Bonchev–Trinajstić information content (AvgIpc) is 2.67. The van der Waals surface area contributed by atoms with Gasteiger partial charge in [-0.15, -0.1) is 0 Å². The molecule has 3 rings (SSSR count). The van der Waals surface area contributed by atoms with Crippen molar-refractivity contribution in [2.75, 3.05) is 10.6 Å². The Kier molecular flexibility index (Phi) is 6.27. The summed E-state index contributed by atoms with van der Waals surface area (Å²) in [5, 5.41) is 25.7. The summed E-state index contributed by atoms with van der Waals surface area (Å²) in [6, 6.07) is 12.4. The molecule has 146 valence electrons. The van der Waals surface area contributed by atoms with Crippen LogP contribution in [0.4, 0.5) is 23.1 Å². The van der Waals surface area contributed by atoms with Crippen LogP contribution in [0.5, 0.6) is 0 Å². The van der Waals surface area contributed by atoms with Crippen molar-refractivity contribution in [1.82, 2.24) is 14.7 Å². The number of halogens is 1. The monoisotopic (exact) mass is 444 g/mol. The number of anilines is 3. The summed E-state index contributed by atoms with van der Waals surface area (Å²) in [6.07, 6.45) is 2.65. The van der Waals surface area contributed by atoms with Gasteiger partial charge in [-0.2, -0.15) is 9.71 Å². The first-order chi connectivity index (χ1) is 13.4. The summed E-state index contributed by atoms with van der Waals surface area (Å²) in [5.74, 6) is 1.01. The summed E-state index contributed by atoms with van der Waals surface area (Å²) >= 11 is 3.41. The Labute approximate surface area is 170 Å². The molecule has 28 heavy (non-hydrogen) atoms. The summed E-state index contributed by atoms with van der Waals surface area (Å²) < 4.78 is 1.67. The maximum Gasteiger partial charge on any atom is 0.229 e. The Morgan fingerprint density at radius 3 is 2.57 bits per heavy atom. The van der Waals surface area contributed by atoms with Crippen molar-refractivity contribution < 1.29 is 10.3 Å². The number of hydrogen-bond donors (Lipinski definition) is 4. The number of nitrogens with one attached hydrogen (secondary N) is 2. The SMILES string of the molecule is C[C@@H](O)[C@@H](C)Nc1nc(Nc2ccc(N=c3ccccn3O)cc2)ncc1Br. The maximum absolute atomic E-state index is 9.73. The van der Waals surface area contributed by atoms with Gasteiger partial charge in [-0.1, -0.05) is 6.07 Å². The third-order valence-corrected chi connectivity index (χ3v) is 4.60. The molecule has 0 aliphatic heterocycles. The molecule has 0 bridgehead atoms. The first-order valence-corrected chi connectivity index (χ1v) is 9.47. The molecule has 8 nitrogen and oxygen atoms in total. The first kappa shape index (κ1) is 19.8. The summed E-state index contributed by atoms with van der Waals surface area (Å²) in [7, 11) is 0. The molecule has 0 radical (unpaired) electrons. The van der Waals surface area contributed by atoms with Crippen LogP contribution in [0.15, 0.2) is 64.3 Å². The molecule has 3 aromatic rings. The number of benzene rings is 1. The van der Waals surface area contributed by atoms with Crippen LogP contribution in [-0.2, 0) is 0 Å². The third kappa shape index (κ3) is 5.08. The van der Waals surface area contributed by atoms with E-state index in [-0.39, 0.29) is 6.04 Å². The van der Waals surface area contributed by atoms with Gasteiger partial charge in [-0.05, 0) is 66.2 Å². The van der Waals surface area contributed by atoms with Crippen LogP contribution < -0.4 is 16.1 Å². The fraction of sp³-hybridized carbons (Fsp3) is 0.211. The number of aromatic nitrogens is 3. The molecule has 2 aromatic heterocycles. The molecular formula is C19H21BrN6O2. The Hall–Kier alpha value is -2.91. The molecule has 2 atom stereocenters. The van der Waals surface area contributed by atoms with Crippen LogP contribution >= 0.6 is 15.9 Å². The van der Waals surface area contributed by atoms with E-state index in [1.807, 2.05) is 31.2 Å². The highest BCUT2D eigenvalue weighted by molar-refractivity contribution is 9.10. The lowest BCUT2D eigenvalue weighted by molar-refractivity contribution is 0.172. The van der Waals surface area contributed by atoms with Gasteiger partial charge in [0.25, 0.3) is 0 Å². The van der Waals surface area contributed by atoms with Crippen LogP contribution in [-0.4, -0.2) is 37.2 Å². The predicted octanol–water partition coefficient (Wildman–Crippen LogP) is 3.44. The molecule has 0 aliphatic rings. The molecule has 9 heteroatoms. The number of aliphatic hydroxyl groups is 1. The van der Waals surface area contributed by atoms with E-state index in [1.165, 1.54) is 6.20 Å². The van der Waals surface area contributed by atoms with Crippen molar-refractivity contribution in [3.63, 3.8) is 0 Å². The van der Waals surface area contributed by atoms with Crippen LogP contribution in [0.3, 0.4) is 0 Å². The normalized spacial score (nSPS) is 13.8. The van der Waals surface area contributed by atoms with E-state index >= 15 is 0 Å². The molecule has 0 aliphatic carbocycles. The number of hydrogen-bond acceptors (Lipinski definition) is 7. The minimum atomic E-state index is -0.517. The molecule has 1 aromatic carbocycles. The standard InChI is InChI=1S/C19H21BrN6O2/c1-12(13(2)27)22-18-16(20)11-21-19(25-18)24-15-8-6-14(7-9-15)23-17-5-3-4-10-26(17)28/h3-13,27-28H,1-2H3,(H2,21,22,24,25)/t12-,13-/m1/s1. The van der Waals surface area contributed by atoms with Crippen LogP contribution in [0.25, 0.3) is 0 Å². The zero-order chi connectivity index (χ0) is 20.1. The highest BCUT2D eigenvalue weighted by Gasteiger charge is 2.12. The minimum absolute atomic E-state index is 0.160. The Morgan fingerprint density at radius 2 is 1.89 bits per heavy atom. The van der Waals surface area contributed by atoms with E-state index in [2.05, 4.69) is 41.5 Å². The lowest BCUT2D eigenvalue weighted by Gasteiger charge is -2.18. The molecular weight excluding hydrogens is 424 g/mol. The highest BCUT2D eigenvalue weighted by atomic mass is 79.9. The van der Waals surface area contributed by atoms with Crippen molar-refractivity contribution in [2.45, 2.75) is 26.0 Å². The fourth-order valence-electron chi connectivity index (χ4n) is 2.26. The smallest absolute Gasteiger partial charge is 0.229 e.